The number of benzene rings is 2. The van der Waals surface area contributed by atoms with Crippen molar-refractivity contribution < 1.29 is 14.3 Å². The van der Waals surface area contributed by atoms with Gasteiger partial charge in [-0.2, -0.15) is 0 Å². The molecule has 0 aliphatic carbocycles. The first-order valence-electron chi connectivity index (χ1n) is 12.0. The maximum Gasteiger partial charge on any atom is 0.338 e. The summed E-state index contributed by atoms with van der Waals surface area (Å²) in [5.41, 5.74) is 4.05. The van der Waals surface area contributed by atoms with Crippen molar-refractivity contribution >= 4 is 11.8 Å². The molecule has 0 saturated heterocycles. The van der Waals surface area contributed by atoms with Gasteiger partial charge in [-0.15, -0.1) is 0 Å². The Morgan fingerprint density at radius 2 is 1.29 bits per heavy atom. The Morgan fingerprint density at radius 1 is 0.742 bits per heavy atom. The van der Waals surface area contributed by atoms with E-state index in [-0.39, 0.29) is 5.78 Å². The summed E-state index contributed by atoms with van der Waals surface area (Å²) in [4.78, 5) is 24.3. The number of unbranched alkanes of at least 4 members (excludes halogenated alkanes) is 6. The van der Waals surface area contributed by atoms with Crippen molar-refractivity contribution in [2.24, 2.45) is 0 Å². The minimum Gasteiger partial charge on any atom is -0.451 e. The summed E-state index contributed by atoms with van der Waals surface area (Å²) in [6.45, 7) is 5.94. The normalized spacial score (nSPS) is 11.8. The van der Waals surface area contributed by atoms with E-state index in [0.29, 0.717) is 12.0 Å². The first-order valence-corrected chi connectivity index (χ1v) is 12.0. The molecule has 0 aromatic heterocycles. The molecule has 3 heteroatoms. The Kier molecular flexibility index (Phi) is 11.1. The summed E-state index contributed by atoms with van der Waals surface area (Å²) in [7, 11) is 0. The van der Waals surface area contributed by atoms with E-state index in [0.717, 1.165) is 30.4 Å². The van der Waals surface area contributed by atoms with E-state index in [1.54, 1.807) is 19.1 Å². The van der Waals surface area contributed by atoms with Gasteiger partial charge in [0.2, 0.25) is 0 Å². The maximum atomic E-state index is 12.3. The van der Waals surface area contributed by atoms with Crippen molar-refractivity contribution in [2.75, 3.05) is 0 Å². The number of hydrogen-bond acceptors (Lipinski definition) is 3. The summed E-state index contributed by atoms with van der Waals surface area (Å²) < 4.78 is 5.34. The number of ether oxygens (including phenoxy) is 1. The maximum absolute atomic E-state index is 12.3. The fourth-order valence-corrected chi connectivity index (χ4v) is 3.62. The standard InChI is InChI=1S/C28H38O3/c1-4-6-8-9-10-11-12-23-14-16-24(17-15-23)25-18-20-26(21-19-25)28(30)31-22(3)27(29)13-7-5-2/h14-22H,4-13H2,1-3H3. The molecule has 0 bridgehead atoms. The molecule has 2 aromatic carbocycles. The second kappa shape index (κ2) is 13.8. The number of ketones is 1. The Labute approximate surface area is 188 Å². The van der Waals surface area contributed by atoms with Crippen LogP contribution in [0.15, 0.2) is 48.5 Å². The number of carbonyl (C=O) groups is 2. The molecular weight excluding hydrogens is 384 g/mol. The van der Waals surface area contributed by atoms with Crippen molar-refractivity contribution in [1.29, 1.82) is 0 Å². The van der Waals surface area contributed by atoms with E-state index in [2.05, 4.69) is 31.2 Å². The number of rotatable bonds is 14. The van der Waals surface area contributed by atoms with Crippen molar-refractivity contribution in [2.45, 2.75) is 91.1 Å². The molecular formula is C28H38O3. The van der Waals surface area contributed by atoms with Gasteiger partial charge in [0.1, 0.15) is 0 Å². The van der Waals surface area contributed by atoms with Crippen LogP contribution in [-0.2, 0) is 16.0 Å². The minimum atomic E-state index is -0.696. The molecule has 2 rings (SSSR count). The molecule has 0 aliphatic rings. The smallest absolute Gasteiger partial charge is 0.338 e. The SMILES string of the molecule is CCCCCCCCc1ccc(-c2ccc(C(=O)OC(C)C(=O)CCCC)cc2)cc1. The number of hydrogen-bond donors (Lipinski definition) is 0. The van der Waals surface area contributed by atoms with Crippen LogP contribution in [0.3, 0.4) is 0 Å². The van der Waals surface area contributed by atoms with E-state index in [1.807, 2.05) is 19.1 Å². The Balaban J connectivity index is 1.85. The molecule has 168 valence electrons. The Bertz CT molecular complexity index is 790. The van der Waals surface area contributed by atoms with Crippen LogP contribution in [0.4, 0.5) is 0 Å². The summed E-state index contributed by atoms with van der Waals surface area (Å²) in [6, 6.07) is 16.1. The highest BCUT2D eigenvalue weighted by molar-refractivity contribution is 5.93. The lowest BCUT2D eigenvalue weighted by Crippen LogP contribution is -2.24. The van der Waals surface area contributed by atoms with Crippen LogP contribution in [0, 0.1) is 0 Å². The molecule has 0 spiro atoms. The van der Waals surface area contributed by atoms with Gasteiger partial charge in [-0.1, -0.05) is 88.8 Å². The van der Waals surface area contributed by atoms with Gasteiger partial charge in [0.05, 0.1) is 5.56 Å². The van der Waals surface area contributed by atoms with Gasteiger partial charge < -0.3 is 4.74 Å². The van der Waals surface area contributed by atoms with Gasteiger partial charge >= 0.3 is 5.97 Å². The first-order chi connectivity index (χ1) is 15.0. The molecule has 2 aromatic rings. The van der Waals surface area contributed by atoms with E-state index in [4.69, 9.17) is 4.74 Å². The molecule has 0 N–H and O–H groups in total. The lowest BCUT2D eigenvalue weighted by molar-refractivity contribution is -0.127. The van der Waals surface area contributed by atoms with Crippen molar-refractivity contribution in [1.82, 2.24) is 0 Å². The summed E-state index contributed by atoms with van der Waals surface area (Å²) >= 11 is 0. The van der Waals surface area contributed by atoms with Crippen LogP contribution in [-0.4, -0.2) is 17.9 Å². The van der Waals surface area contributed by atoms with Crippen LogP contribution >= 0.6 is 0 Å². The molecule has 1 atom stereocenters. The fourth-order valence-electron chi connectivity index (χ4n) is 3.62. The molecule has 0 fully saturated rings. The van der Waals surface area contributed by atoms with Gasteiger partial charge in [0.15, 0.2) is 11.9 Å². The summed E-state index contributed by atoms with van der Waals surface area (Å²) in [5.74, 6) is -0.467. The van der Waals surface area contributed by atoms with Crippen molar-refractivity contribution in [3.05, 3.63) is 59.7 Å². The molecule has 0 aliphatic heterocycles. The summed E-state index contributed by atoms with van der Waals surface area (Å²) in [5, 5.41) is 0. The zero-order valence-corrected chi connectivity index (χ0v) is 19.5. The monoisotopic (exact) mass is 422 g/mol. The fraction of sp³-hybridized carbons (Fsp3) is 0.500. The topological polar surface area (TPSA) is 43.4 Å². The molecule has 31 heavy (non-hydrogen) atoms. The largest absolute Gasteiger partial charge is 0.451 e. The van der Waals surface area contributed by atoms with E-state index < -0.39 is 12.1 Å². The second-order valence-corrected chi connectivity index (χ2v) is 8.41. The molecule has 0 radical (unpaired) electrons. The van der Waals surface area contributed by atoms with Crippen molar-refractivity contribution in [3.8, 4) is 11.1 Å². The Morgan fingerprint density at radius 3 is 1.90 bits per heavy atom. The van der Waals surface area contributed by atoms with Gasteiger partial charge in [-0.3, -0.25) is 4.79 Å². The first kappa shape index (κ1) is 24.8. The average molecular weight is 423 g/mol. The number of Topliss-reactive ketones (excluding diaryl/α,β-unsaturated/α-hetero) is 1. The van der Waals surface area contributed by atoms with E-state index >= 15 is 0 Å². The van der Waals surface area contributed by atoms with Crippen LogP contribution in [0.2, 0.25) is 0 Å². The van der Waals surface area contributed by atoms with Gasteiger partial charge in [-0.05, 0) is 55.0 Å². The highest BCUT2D eigenvalue weighted by atomic mass is 16.5. The zero-order valence-electron chi connectivity index (χ0n) is 19.5. The molecule has 3 nitrogen and oxygen atoms in total. The van der Waals surface area contributed by atoms with Crippen LogP contribution in [0.1, 0.15) is 94.5 Å². The van der Waals surface area contributed by atoms with Gasteiger partial charge in [0.25, 0.3) is 0 Å². The molecule has 0 amide bonds. The van der Waals surface area contributed by atoms with E-state index in [1.165, 1.54) is 44.1 Å². The van der Waals surface area contributed by atoms with Crippen LogP contribution < -0.4 is 0 Å². The number of esters is 1. The highest BCUT2D eigenvalue weighted by Crippen LogP contribution is 2.22. The lowest BCUT2D eigenvalue weighted by Gasteiger charge is -2.12. The molecule has 1 unspecified atom stereocenters. The third-order valence-corrected chi connectivity index (χ3v) is 5.74. The average Bonchev–Trinajstić information content (AvgIpc) is 2.80. The van der Waals surface area contributed by atoms with Crippen LogP contribution in [0.5, 0.6) is 0 Å². The van der Waals surface area contributed by atoms with Gasteiger partial charge in [-0.25, -0.2) is 4.79 Å². The molecule has 0 saturated carbocycles. The Hall–Kier alpha value is -2.42. The lowest BCUT2D eigenvalue weighted by atomic mass is 10.00. The predicted octanol–water partition coefficient (Wildman–Crippen LogP) is 7.56. The number of aryl methyl sites for hydroxylation is 1. The van der Waals surface area contributed by atoms with E-state index in [9.17, 15) is 9.59 Å². The second-order valence-electron chi connectivity index (χ2n) is 8.41. The molecule has 0 heterocycles. The van der Waals surface area contributed by atoms with Crippen molar-refractivity contribution in [3.63, 3.8) is 0 Å². The van der Waals surface area contributed by atoms with Gasteiger partial charge in [0, 0.05) is 6.42 Å². The third-order valence-electron chi connectivity index (χ3n) is 5.74. The number of carbonyl (C=O) groups excluding carboxylic acids is 2. The summed E-state index contributed by atoms with van der Waals surface area (Å²) in [6.07, 6.45) is 10.6. The minimum absolute atomic E-state index is 0.0205. The highest BCUT2D eigenvalue weighted by Gasteiger charge is 2.18. The third kappa shape index (κ3) is 8.69. The quantitative estimate of drug-likeness (QED) is 0.233. The predicted molar refractivity (Wildman–Crippen MR) is 128 cm³/mol. The van der Waals surface area contributed by atoms with Crippen LogP contribution in [0.25, 0.3) is 11.1 Å². The zero-order chi connectivity index (χ0) is 22.5.